The van der Waals surface area contributed by atoms with Crippen LogP contribution in [0.3, 0.4) is 0 Å². The van der Waals surface area contributed by atoms with E-state index in [9.17, 15) is 13.2 Å². The lowest BCUT2D eigenvalue weighted by Gasteiger charge is -2.09. The highest BCUT2D eigenvalue weighted by Crippen LogP contribution is 2.10. The number of amides is 1. The highest BCUT2D eigenvalue weighted by atomic mass is 32.2. The molecular formula is C8H11NO5S. The molecule has 0 bridgehead atoms. The van der Waals surface area contributed by atoms with Gasteiger partial charge in [0.25, 0.3) is 0 Å². The molecule has 1 saturated heterocycles. The molecule has 2 rings (SSSR count). The first-order valence-corrected chi connectivity index (χ1v) is 6.22. The Hall–Kier alpha value is -1.08. The number of sulfone groups is 1. The molecule has 1 fully saturated rings. The lowest BCUT2D eigenvalue weighted by atomic mass is 10.3. The Bertz CT molecular complexity index is 384. The number of hydrogen-bond acceptors (Lipinski definition) is 5. The third kappa shape index (κ3) is 3.21. The van der Waals surface area contributed by atoms with Crippen LogP contribution in [0.4, 0.5) is 4.79 Å². The van der Waals surface area contributed by atoms with E-state index in [4.69, 9.17) is 9.47 Å². The molecule has 0 aromatic rings. The maximum Gasteiger partial charge on any atom is 0.407 e. The molecular weight excluding hydrogens is 222 g/mol. The van der Waals surface area contributed by atoms with E-state index in [-0.39, 0.29) is 18.5 Å². The summed E-state index contributed by atoms with van der Waals surface area (Å²) >= 11 is 0. The molecule has 0 aliphatic carbocycles. The highest BCUT2D eigenvalue weighted by Gasteiger charge is 2.26. The van der Waals surface area contributed by atoms with Gasteiger partial charge in [0.05, 0.1) is 18.4 Å². The molecule has 0 radical (unpaired) electrons. The second kappa shape index (κ2) is 3.82. The normalized spacial score (nSPS) is 31.2. The summed E-state index contributed by atoms with van der Waals surface area (Å²) in [6, 6.07) is -0.484. The number of epoxide rings is 1. The fourth-order valence-electron chi connectivity index (χ4n) is 1.19. The lowest BCUT2D eigenvalue weighted by molar-refractivity contribution is 0.135. The minimum absolute atomic E-state index is 0.0126. The molecule has 2 unspecified atom stereocenters. The quantitative estimate of drug-likeness (QED) is 0.659. The van der Waals surface area contributed by atoms with E-state index in [1.54, 1.807) is 0 Å². The summed E-state index contributed by atoms with van der Waals surface area (Å²) in [6.07, 6.45) is 0.834. The van der Waals surface area contributed by atoms with Crippen LogP contribution in [-0.4, -0.2) is 45.6 Å². The molecule has 0 aromatic heterocycles. The number of ether oxygens (including phenoxy) is 2. The van der Waals surface area contributed by atoms with Gasteiger partial charge in [0.1, 0.15) is 12.7 Å². The van der Waals surface area contributed by atoms with Gasteiger partial charge in [0, 0.05) is 5.41 Å². The highest BCUT2D eigenvalue weighted by molar-refractivity contribution is 7.94. The number of carbonyl (C=O) groups is 1. The summed E-state index contributed by atoms with van der Waals surface area (Å²) in [5.74, 6) is -0.0952. The number of alkyl carbamates (subject to hydrolysis) is 1. The van der Waals surface area contributed by atoms with Gasteiger partial charge >= 0.3 is 6.09 Å². The van der Waals surface area contributed by atoms with Crippen LogP contribution in [0.2, 0.25) is 0 Å². The molecule has 0 saturated carbocycles. The molecule has 7 heteroatoms. The van der Waals surface area contributed by atoms with Crippen LogP contribution in [0.25, 0.3) is 0 Å². The maximum absolute atomic E-state index is 11.1. The molecule has 6 nitrogen and oxygen atoms in total. The summed E-state index contributed by atoms with van der Waals surface area (Å²) in [7, 11) is -3.14. The zero-order chi connectivity index (χ0) is 10.9. The predicted octanol–water partition coefficient (Wildman–Crippen LogP) is -0.578. The van der Waals surface area contributed by atoms with E-state index in [0.29, 0.717) is 6.61 Å². The fourth-order valence-corrected chi connectivity index (χ4v) is 2.43. The van der Waals surface area contributed by atoms with Crippen molar-refractivity contribution < 1.29 is 22.7 Å². The third-order valence-corrected chi connectivity index (χ3v) is 3.43. The average Bonchev–Trinajstić information content (AvgIpc) is 2.89. The summed E-state index contributed by atoms with van der Waals surface area (Å²) in [5.41, 5.74) is 0. The molecule has 1 N–H and O–H groups in total. The lowest BCUT2D eigenvalue weighted by Crippen LogP contribution is -2.36. The Morgan fingerprint density at radius 2 is 2.33 bits per heavy atom. The zero-order valence-corrected chi connectivity index (χ0v) is 8.70. The van der Waals surface area contributed by atoms with Crippen LogP contribution in [0.1, 0.15) is 0 Å². The van der Waals surface area contributed by atoms with Crippen molar-refractivity contribution in [3.05, 3.63) is 11.5 Å². The summed E-state index contributed by atoms with van der Waals surface area (Å²) in [6.45, 7) is 0.833. The Kier molecular flexibility index (Phi) is 2.66. The molecule has 2 atom stereocenters. The molecule has 2 aliphatic rings. The summed E-state index contributed by atoms with van der Waals surface area (Å²) in [4.78, 5) is 11.1. The van der Waals surface area contributed by atoms with Crippen molar-refractivity contribution in [3.63, 3.8) is 0 Å². The summed E-state index contributed by atoms with van der Waals surface area (Å²) in [5, 5.41) is 3.53. The van der Waals surface area contributed by atoms with Gasteiger partial charge in [-0.15, -0.1) is 0 Å². The number of nitrogens with one attached hydrogen (secondary N) is 1. The summed E-state index contributed by atoms with van der Waals surface area (Å²) < 4.78 is 31.6. The average molecular weight is 233 g/mol. The molecule has 0 spiro atoms. The van der Waals surface area contributed by atoms with Gasteiger partial charge in [-0.3, -0.25) is 0 Å². The predicted molar refractivity (Wildman–Crippen MR) is 50.9 cm³/mol. The maximum atomic E-state index is 11.1. The van der Waals surface area contributed by atoms with Crippen molar-refractivity contribution in [1.29, 1.82) is 0 Å². The number of carbonyl (C=O) groups excluding carboxylic acids is 1. The van der Waals surface area contributed by atoms with Crippen LogP contribution < -0.4 is 5.32 Å². The first kappa shape index (κ1) is 10.4. The van der Waals surface area contributed by atoms with Crippen molar-refractivity contribution in [1.82, 2.24) is 5.32 Å². The van der Waals surface area contributed by atoms with Crippen LogP contribution in [-0.2, 0) is 19.3 Å². The van der Waals surface area contributed by atoms with Gasteiger partial charge in [0.2, 0.25) is 0 Å². The van der Waals surface area contributed by atoms with E-state index in [1.165, 1.54) is 6.08 Å². The molecule has 0 aromatic carbocycles. The second-order valence-corrected chi connectivity index (χ2v) is 5.39. The minimum atomic E-state index is -3.14. The standard InChI is InChI=1S/C8H11NO5S/c10-8(14-4-7-3-13-7)9-6-1-2-15(11,12)5-6/h1-2,6-7H,3-5H2,(H,9,10). The molecule has 84 valence electrons. The molecule has 15 heavy (non-hydrogen) atoms. The Morgan fingerprint density at radius 3 is 2.87 bits per heavy atom. The topological polar surface area (TPSA) is 85.0 Å². The van der Waals surface area contributed by atoms with Gasteiger partial charge in [0.15, 0.2) is 9.84 Å². The van der Waals surface area contributed by atoms with Crippen molar-refractivity contribution in [2.45, 2.75) is 12.1 Å². The largest absolute Gasteiger partial charge is 0.447 e. The Labute approximate surface area is 87.2 Å². The van der Waals surface area contributed by atoms with Crippen molar-refractivity contribution in [3.8, 4) is 0 Å². The van der Waals surface area contributed by atoms with E-state index in [0.717, 1.165) is 5.41 Å². The first-order valence-electron chi connectivity index (χ1n) is 4.51. The van der Waals surface area contributed by atoms with Crippen molar-refractivity contribution in [2.75, 3.05) is 19.0 Å². The van der Waals surface area contributed by atoms with E-state index >= 15 is 0 Å². The number of hydrogen-bond donors (Lipinski definition) is 1. The van der Waals surface area contributed by atoms with E-state index in [1.807, 2.05) is 0 Å². The molecule has 1 amide bonds. The van der Waals surface area contributed by atoms with E-state index in [2.05, 4.69) is 5.32 Å². The minimum Gasteiger partial charge on any atom is -0.447 e. The van der Waals surface area contributed by atoms with Crippen LogP contribution >= 0.6 is 0 Å². The SMILES string of the molecule is O=C(NC1C=CS(=O)(=O)C1)OCC1CO1. The van der Waals surface area contributed by atoms with Gasteiger partial charge in [-0.1, -0.05) is 0 Å². The zero-order valence-electron chi connectivity index (χ0n) is 7.88. The number of rotatable bonds is 3. The smallest absolute Gasteiger partial charge is 0.407 e. The van der Waals surface area contributed by atoms with Gasteiger partial charge in [-0.05, 0) is 6.08 Å². The first-order chi connectivity index (χ1) is 7.05. The Morgan fingerprint density at radius 1 is 1.60 bits per heavy atom. The van der Waals surface area contributed by atoms with Crippen LogP contribution in [0.15, 0.2) is 11.5 Å². The van der Waals surface area contributed by atoms with Crippen molar-refractivity contribution >= 4 is 15.9 Å². The van der Waals surface area contributed by atoms with Gasteiger partial charge in [-0.2, -0.15) is 0 Å². The van der Waals surface area contributed by atoms with Gasteiger partial charge in [-0.25, -0.2) is 13.2 Å². The second-order valence-electron chi connectivity index (χ2n) is 3.46. The van der Waals surface area contributed by atoms with E-state index < -0.39 is 22.0 Å². The molecule has 2 aliphatic heterocycles. The van der Waals surface area contributed by atoms with Crippen LogP contribution in [0, 0.1) is 0 Å². The fraction of sp³-hybridized carbons (Fsp3) is 0.625. The third-order valence-electron chi connectivity index (χ3n) is 2.04. The van der Waals surface area contributed by atoms with Crippen LogP contribution in [0.5, 0.6) is 0 Å². The Balaban J connectivity index is 1.72. The monoisotopic (exact) mass is 233 g/mol. The van der Waals surface area contributed by atoms with Gasteiger partial charge < -0.3 is 14.8 Å². The van der Waals surface area contributed by atoms with Crippen molar-refractivity contribution in [2.24, 2.45) is 0 Å². The molecule has 2 heterocycles.